The van der Waals surface area contributed by atoms with Gasteiger partial charge in [-0.3, -0.25) is 10.1 Å². The molecular formula is C7H5FNO2. The van der Waals surface area contributed by atoms with E-state index < -0.39 is 4.92 Å². The standard InChI is InChI=1S/C7H5FNO2/c8-5-6-3-1-2-4-7(6)9(10)11/h1-5H. The molecule has 1 rings (SSSR count). The highest BCUT2D eigenvalue weighted by molar-refractivity contribution is 5.42. The number of hydrogen-bond acceptors (Lipinski definition) is 2. The lowest BCUT2D eigenvalue weighted by molar-refractivity contribution is -0.385. The Hall–Kier alpha value is -1.45. The Morgan fingerprint density at radius 1 is 1.45 bits per heavy atom. The van der Waals surface area contributed by atoms with Crippen LogP contribution >= 0.6 is 0 Å². The number of para-hydroxylation sites is 1. The van der Waals surface area contributed by atoms with E-state index in [0.717, 1.165) is 0 Å². The maximum absolute atomic E-state index is 11.9. The monoisotopic (exact) mass is 154 g/mol. The molecule has 0 aliphatic rings. The molecule has 1 radical (unpaired) electrons. The van der Waals surface area contributed by atoms with Gasteiger partial charge < -0.3 is 0 Å². The maximum atomic E-state index is 11.9. The van der Waals surface area contributed by atoms with Crippen LogP contribution in [-0.4, -0.2) is 4.92 Å². The maximum Gasteiger partial charge on any atom is 0.275 e. The first kappa shape index (κ1) is 7.65. The van der Waals surface area contributed by atoms with Gasteiger partial charge >= 0.3 is 0 Å². The van der Waals surface area contributed by atoms with Crippen LogP contribution in [0.2, 0.25) is 0 Å². The molecule has 0 saturated carbocycles. The second kappa shape index (κ2) is 3.09. The van der Waals surface area contributed by atoms with Gasteiger partial charge in [0.25, 0.3) is 5.69 Å². The quantitative estimate of drug-likeness (QED) is 0.483. The summed E-state index contributed by atoms with van der Waals surface area (Å²) in [4.78, 5) is 9.58. The largest absolute Gasteiger partial charge is 0.275 e. The topological polar surface area (TPSA) is 43.1 Å². The number of rotatable bonds is 2. The number of hydrogen-bond donors (Lipinski definition) is 0. The van der Waals surface area contributed by atoms with Crippen molar-refractivity contribution < 1.29 is 9.31 Å². The Kier molecular flexibility index (Phi) is 2.15. The van der Waals surface area contributed by atoms with E-state index in [1.807, 2.05) is 0 Å². The third kappa shape index (κ3) is 1.52. The predicted octanol–water partition coefficient (Wildman–Crippen LogP) is 2.07. The van der Waals surface area contributed by atoms with Gasteiger partial charge in [0, 0.05) is 6.07 Å². The Morgan fingerprint density at radius 3 is 2.55 bits per heavy atom. The second-order valence-corrected chi connectivity index (χ2v) is 1.93. The summed E-state index contributed by atoms with van der Waals surface area (Å²) in [6.07, 6.45) is 0. The van der Waals surface area contributed by atoms with Crippen LogP contribution in [0.3, 0.4) is 0 Å². The van der Waals surface area contributed by atoms with Gasteiger partial charge in [0.1, 0.15) is 0 Å². The molecule has 0 bridgehead atoms. The molecule has 0 amide bonds. The van der Waals surface area contributed by atoms with Crippen molar-refractivity contribution >= 4 is 5.69 Å². The van der Waals surface area contributed by atoms with Gasteiger partial charge in [-0.05, 0) is 6.07 Å². The Bertz CT molecular complexity index is 275. The van der Waals surface area contributed by atoms with Crippen molar-refractivity contribution in [2.24, 2.45) is 0 Å². The average Bonchev–Trinajstić information content (AvgIpc) is 2.04. The zero-order valence-electron chi connectivity index (χ0n) is 5.53. The lowest BCUT2D eigenvalue weighted by atomic mass is 10.2. The van der Waals surface area contributed by atoms with E-state index in [-0.39, 0.29) is 17.9 Å². The van der Waals surface area contributed by atoms with E-state index in [1.54, 1.807) is 6.07 Å². The summed E-state index contributed by atoms with van der Waals surface area (Å²) < 4.78 is 11.9. The van der Waals surface area contributed by atoms with Crippen molar-refractivity contribution in [2.45, 2.75) is 0 Å². The molecule has 3 nitrogen and oxygen atoms in total. The van der Waals surface area contributed by atoms with Crippen molar-refractivity contribution in [1.82, 2.24) is 0 Å². The molecule has 0 N–H and O–H groups in total. The summed E-state index contributed by atoms with van der Waals surface area (Å²) in [5.41, 5.74) is -0.215. The van der Waals surface area contributed by atoms with Crippen molar-refractivity contribution in [2.75, 3.05) is 0 Å². The molecule has 0 unspecified atom stereocenters. The van der Waals surface area contributed by atoms with E-state index in [0.29, 0.717) is 0 Å². The molecular weight excluding hydrogens is 149 g/mol. The predicted molar refractivity (Wildman–Crippen MR) is 37.6 cm³/mol. The number of benzene rings is 1. The molecule has 1 aromatic rings. The number of halogens is 1. The summed E-state index contributed by atoms with van der Waals surface area (Å²) in [7, 11) is 0. The van der Waals surface area contributed by atoms with Crippen molar-refractivity contribution in [1.29, 1.82) is 0 Å². The summed E-state index contributed by atoms with van der Waals surface area (Å²) >= 11 is 0. The summed E-state index contributed by atoms with van der Waals surface area (Å²) in [5, 5.41) is 10.2. The van der Waals surface area contributed by atoms with Crippen LogP contribution < -0.4 is 0 Å². The van der Waals surface area contributed by atoms with Crippen LogP contribution in [-0.2, 0) is 0 Å². The highest BCUT2D eigenvalue weighted by Crippen LogP contribution is 2.18. The van der Waals surface area contributed by atoms with Gasteiger partial charge in [0.15, 0.2) is 6.67 Å². The molecule has 0 aromatic heterocycles. The minimum atomic E-state index is -0.620. The summed E-state index contributed by atoms with van der Waals surface area (Å²) in [5.74, 6) is 0. The van der Waals surface area contributed by atoms with Crippen LogP contribution in [0.1, 0.15) is 5.56 Å². The van der Waals surface area contributed by atoms with Gasteiger partial charge in [-0.2, -0.15) is 0 Å². The Balaban J connectivity index is 3.12. The fourth-order valence-electron chi connectivity index (χ4n) is 0.746. The lowest BCUT2D eigenvalue weighted by Gasteiger charge is -1.94. The molecule has 4 heteroatoms. The SMILES string of the molecule is O=[N+]([O-])c1ccccc1[CH]F. The van der Waals surface area contributed by atoms with Gasteiger partial charge in [-0.25, -0.2) is 4.39 Å². The van der Waals surface area contributed by atoms with Crippen LogP contribution in [0.4, 0.5) is 10.1 Å². The van der Waals surface area contributed by atoms with E-state index in [9.17, 15) is 14.5 Å². The van der Waals surface area contributed by atoms with Gasteiger partial charge in [-0.1, -0.05) is 12.1 Å². The molecule has 0 saturated heterocycles. The number of nitro benzene ring substituents is 1. The van der Waals surface area contributed by atoms with Crippen LogP contribution in [0.25, 0.3) is 0 Å². The first-order valence-corrected chi connectivity index (χ1v) is 2.92. The molecule has 1 aromatic carbocycles. The summed E-state index contributed by atoms with van der Waals surface area (Å²) in [6.45, 7) is 0.220. The highest BCUT2D eigenvalue weighted by atomic mass is 19.1. The first-order chi connectivity index (χ1) is 5.25. The Morgan fingerprint density at radius 2 is 2.09 bits per heavy atom. The van der Waals surface area contributed by atoms with Gasteiger partial charge in [0.2, 0.25) is 0 Å². The minimum Gasteiger partial charge on any atom is -0.258 e. The average molecular weight is 154 g/mol. The van der Waals surface area contributed by atoms with E-state index in [4.69, 9.17) is 0 Å². The van der Waals surface area contributed by atoms with E-state index in [1.165, 1.54) is 18.2 Å². The molecule has 0 aliphatic carbocycles. The molecule has 0 aliphatic heterocycles. The van der Waals surface area contributed by atoms with Gasteiger partial charge in [0.05, 0.1) is 10.5 Å². The molecule has 57 valence electrons. The highest BCUT2D eigenvalue weighted by Gasteiger charge is 2.11. The number of nitrogens with zero attached hydrogens (tertiary/aromatic N) is 1. The Labute approximate surface area is 62.6 Å². The summed E-state index contributed by atoms with van der Waals surface area (Å²) in [6, 6.07) is 5.63. The normalized spacial score (nSPS) is 9.55. The van der Waals surface area contributed by atoms with Crippen molar-refractivity contribution in [3.8, 4) is 0 Å². The first-order valence-electron chi connectivity index (χ1n) is 2.92. The molecule has 0 spiro atoms. The molecule has 11 heavy (non-hydrogen) atoms. The lowest BCUT2D eigenvalue weighted by Crippen LogP contribution is -1.91. The fourth-order valence-corrected chi connectivity index (χ4v) is 0.746. The third-order valence-electron chi connectivity index (χ3n) is 1.25. The van der Waals surface area contributed by atoms with Gasteiger partial charge in [-0.15, -0.1) is 0 Å². The van der Waals surface area contributed by atoms with Crippen molar-refractivity contribution in [3.63, 3.8) is 0 Å². The van der Waals surface area contributed by atoms with Crippen LogP contribution in [0, 0.1) is 16.8 Å². The van der Waals surface area contributed by atoms with Crippen molar-refractivity contribution in [3.05, 3.63) is 46.6 Å². The smallest absolute Gasteiger partial charge is 0.258 e. The second-order valence-electron chi connectivity index (χ2n) is 1.93. The minimum absolute atomic E-state index is 0.00231. The zero-order chi connectivity index (χ0) is 8.27. The third-order valence-corrected chi connectivity index (χ3v) is 1.25. The molecule has 0 fully saturated rings. The molecule has 0 heterocycles. The zero-order valence-corrected chi connectivity index (χ0v) is 5.53. The fraction of sp³-hybridized carbons (Fsp3) is 0. The molecule has 0 atom stereocenters. The van der Waals surface area contributed by atoms with E-state index in [2.05, 4.69) is 0 Å². The van der Waals surface area contributed by atoms with Crippen LogP contribution in [0.15, 0.2) is 24.3 Å². The van der Waals surface area contributed by atoms with E-state index >= 15 is 0 Å². The van der Waals surface area contributed by atoms with Crippen LogP contribution in [0.5, 0.6) is 0 Å². The number of nitro groups is 1.